The minimum atomic E-state index is -1.45. The summed E-state index contributed by atoms with van der Waals surface area (Å²) in [5.41, 5.74) is 1.27. The Bertz CT molecular complexity index is 671. The normalized spacial score (nSPS) is 21.6. The molecule has 0 aliphatic carbocycles. The molecule has 6 nitrogen and oxygen atoms in total. The Morgan fingerprint density at radius 3 is 2.94 bits per heavy atom. The number of hydrogen-bond donors (Lipinski definition) is 2. The number of esters is 1. The highest BCUT2D eigenvalue weighted by Crippen LogP contribution is 2.27. The zero-order valence-corrected chi connectivity index (χ0v) is 9.40. The number of pyridine rings is 1. The molecule has 0 amide bonds. The average molecular weight is 246 g/mol. The molecule has 0 bridgehead atoms. The lowest BCUT2D eigenvalue weighted by molar-refractivity contribution is -0.157. The quantitative estimate of drug-likeness (QED) is 0.624. The first-order chi connectivity index (χ1) is 8.50. The molecular weight excluding hydrogens is 236 g/mol. The minimum Gasteiger partial charge on any atom is -0.458 e. The molecule has 0 saturated heterocycles. The molecular formula is C12H10N2O4. The van der Waals surface area contributed by atoms with Gasteiger partial charge in [0.25, 0.3) is 5.56 Å². The highest BCUT2D eigenvalue weighted by Gasteiger charge is 2.33. The van der Waals surface area contributed by atoms with Crippen LogP contribution in [-0.2, 0) is 22.7 Å². The molecule has 1 aromatic heterocycles. The SMILES string of the molecule is C=C1Cn2c(cc3c(c2=O)COC(=O)C3O)C1=N. The number of rotatable bonds is 0. The molecule has 6 heteroatoms. The van der Waals surface area contributed by atoms with E-state index in [4.69, 9.17) is 10.1 Å². The Balaban J connectivity index is 2.31. The van der Waals surface area contributed by atoms with Gasteiger partial charge in [0, 0.05) is 5.56 Å². The summed E-state index contributed by atoms with van der Waals surface area (Å²) in [4.78, 5) is 23.4. The van der Waals surface area contributed by atoms with Crippen LogP contribution in [0.3, 0.4) is 0 Å². The van der Waals surface area contributed by atoms with E-state index in [1.54, 1.807) is 0 Å². The van der Waals surface area contributed by atoms with E-state index in [9.17, 15) is 14.7 Å². The smallest absolute Gasteiger partial charge is 0.340 e. The van der Waals surface area contributed by atoms with Gasteiger partial charge < -0.3 is 14.4 Å². The summed E-state index contributed by atoms with van der Waals surface area (Å²) >= 11 is 0. The Kier molecular flexibility index (Phi) is 2.06. The number of aliphatic hydroxyl groups is 1. The van der Waals surface area contributed by atoms with E-state index in [2.05, 4.69) is 6.58 Å². The first kappa shape index (κ1) is 10.9. The number of nitrogens with one attached hydrogen (secondary N) is 1. The van der Waals surface area contributed by atoms with Gasteiger partial charge in [-0.1, -0.05) is 6.58 Å². The largest absolute Gasteiger partial charge is 0.458 e. The number of carbonyl (C=O) groups excluding carboxylic acids is 1. The van der Waals surface area contributed by atoms with Gasteiger partial charge in [-0.3, -0.25) is 10.2 Å². The third-order valence-electron chi connectivity index (χ3n) is 3.27. The van der Waals surface area contributed by atoms with E-state index < -0.39 is 12.1 Å². The van der Waals surface area contributed by atoms with Crippen LogP contribution in [0, 0.1) is 5.41 Å². The molecule has 2 N–H and O–H groups in total. The summed E-state index contributed by atoms with van der Waals surface area (Å²) < 4.78 is 6.14. The molecule has 0 radical (unpaired) electrons. The van der Waals surface area contributed by atoms with Crippen LogP contribution in [0.5, 0.6) is 0 Å². The molecule has 3 rings (SSSR count). The number of cyclic esters (lactones) is 1. The van der Waals surface area contributed by atoms with Crippen LogP contribution >= 0.6 is 0 Å². The Labute approximate surface area is 102 Å². The van der Waals surface area contributed by atoms with Crippen LogP contribution in [0.2, 0.25) is 0 Å². The lowest BCUT2D eigenvalue weighted by Crippen LogP contribution is -2.33. The van der Waals surface area contributed by atoms with Crippen LogP contribution in [0.15, 0.2) is 23.0 Å². The predicted octanol–water partition coefficient (Wildman–Crippen LogP) is -0.124. The fraction of sp³-hybridized carbons (Fsp3) is 0.250. The maximum absolute atomic E-state index is 12.2. The van der Waals surface area contributed by atoms with Crippen molar-refractivity contribution in [3.63, 3.8) is 0 Å². The van der Waals surface area contributed by atoms with Crippen molar-refractivity contribution in [1.29, 1.82) is 5.41 Å². The van der Waals surface area contributed by atoms with Crippen molar-refractivity contribution < 1.29 is 14.6 Å². The van der Waals surface area contributed by atoms with Gasteiger partial charge in [-0.25, -0.2) is 4.79 Å². The van der Waals surface area contributed by atoms with Crippen molar-refractivity contribution in [2.45, 2.75) is 19.3 Å². The maximum atomic E-state index is 12.2. The summed E-state index contributed by atoms with van der Waals surface area (Å²) in [7, 11) is 0. The summed E-state index contributed by atoms with van der Waals surface area (Å²) in [5, 5.41) is 17.5. The zero-order chi connectivity index (χ0) is 13.0. The molecule has 3 heterocycles. The fourth-order valence-corrected chi connectivity index (χ4v) is 2.26. The van der Waals surface area contributed by atoms with E-state index in [0.29, 0.717) is 11.3 Å². The summed E-state index contributed by atoms with van der Waals surface area (Å²) in [6.45, 7) is 3.84. The average Bonchev–Trinajstić information content (AvgIpc) is 2.63. The molecule has 2 aliphatic rings. The third-order valence-corrected chi connectivity index (χ3v) is 3.27. The van der Waals surface area contributed by atoms with Crippen LogP contribution in [-0.4, -0.2) is 21.4 Å². The van der Waals surface area contributed by atoms with Crippen molar-refractivity contribution in [1.82, 2.24) is 4.57 Å². The zero-order valence-electron chi connectivity index (χ0n) is 9.40. The maximum Gasteiger partial charge on any atom is 0.340 e. The van der Waals surface area contributed by atoms with Gasteiger partial charge >= 0.3 is 5.97 Å². The van der Waals surface area contributed by atoms with E-state index >= 15 is 0 Å². The standard InChI is InChI=1S/C12H10N2O4/c1-5-3-14-8(9(5)13)2-6-7(11(14)16)4-18-12(17)10(6)15/h2,10,13,15H,1,3-4H2. The highest BCUT2D eigenvalue weighted by atomic mass is 16.5. The van der Waals surface area contributed by atoms with E-state index in [1.165, 1.54) is 10.6 Å². The molecule has 18 heavy (non-hydrogen) atoms. The lowest BCUT2D eigenvalue weighted by atomic mass is 10.0. The molecule has 1 atom stereocenters. The Hall–Kier alpha value is -2.21. The molecule has 1 aromatic rings. The summed E-state index contributed by atoms with van der Waals surface area (Å²) in [6, 6.07) is 1.50. The van der Waals surface area contributed by atoms with Gasteiger partial charge in [-0.05, 0) is 11.6 Å². The number of carbonyl (C=O) groups is 1. The minimum absolute atomic E-state index is 0.135. The number of ether oxygens (including phenoxy) is 1. The number of fused-ring (bicyclic) bond motifs is 2. The van der Waals surface area contributed by atoms with E-state index in [-0.39, 0.29) is 35.5 Å². The van der Waals surface area contributed by atoms with Crippen LogP contribution < -0.4 is 5.56 Å². The van der Waals surface area contributed by atoms with Crippen LogP contribution in [0.4, 0.5) is 0 Å². The third kappa shape index (κ3) is 1.23. The topological polar surface area (TPSA) is 92.4 Å². The van der Waals surface area contributed by atoms with Gasteiger partial charge in [0.1, 0.15) is 6.61 Å². The number of aromatic nitrogens is 1. The van der Waals surface area contributed by atoms with Crippen molar-refractivity contribution in [3.05, 3.63) is 45.4 Å². The number of aliphatic hydroxyl groups excluding tert-OH is 1. The van der Waals surface area contributed by atoms with Gasteiger partial charge in [0.2, 0.25) is 0 Å². The van der Waals surface area contributed by atoms with E-state index in [1.807, 2.05) is 0 Å². The highest BCUT2D eigenvalue weighted by molar-refractivity contribution is 6.11. The molecule has 0 aromatic carbocycles. The van der Waals surface area contributed by atoms with Crippen molar-refractivity contribution in [3.8, 4) is 0 Å². The number of allylic oxidation sites excluding steroid dienone is 1. The van der Waals surface area contributed by atoms with Crippen molar-refractivity contribution >= 4 is 11.7 Å². The Morgan fingerprint density at radius 2 is 2.22 bits per heavy atom. The van der Waals surface area contributed by atoms with Crippen molar-refractivity contribution in [2.75, 3.05) is 0 Å². The second kappa shape index (κ2) is 3.39. The monoisotopic (exact) mass is 246 g/mol. The van der Waals surface area contributed by atoms with Gasteiger partial charge in [0.15, 0.2) is 6.10 Å². The molecule has 92 valence electrons. The van der Waals surface area contributed by atoms with Gasteiger partial charge in [-0.15, -0.1) is 0 Å². The molecule has 1 unspecified atom stereocenters. The molecule has 2 aliphatic heterocycles. The predicted molar refractivity (Wildman–Crippen MR) is 61.4 cm³/mol. The second-order valence-electron chi connectivity index (χ2n) is 4.34. The fourth-order valence-electron chi connectivity index (χ4n) is 2.26. The second-order valence-corrected chi connectivity index (χ2v) is 4.34. The number of nitrogens with zero attached hydrogens (tertiary/aromatic N) is 1. The van der Waals surface area contributed by atoms with Crippen LogP contribution in [0.25, 0.3) is 0 Å². The summed E-state index contributed by atoms with van der Waals surface area (Å²) in [5.74, 6) is -0.768. The van der Waals surface area contributed by atoms with Gasteiger partial charge in [0.05, 0.1) is 23.5 Å². The number of hydrogen-bond acceptors (Lipinski definition) is 5. The van der Waals surface area contributed by atoms with Gasteiger partial charge in [-0.2, -0.15) is 0 Å². The molecule has 0 spiro atoms. The molecule has 0 saturated carbocycles. The van der Waals surface area contributed by atoms with E-state index in [0.717, 1.165) is 0 Å². The summed E-state index contributed by atoms with van der Waals surface area (Å²) in [6.07, 6.45) is -1.45. The van der Waals surface area contributed by atoms with Crippen LogP contribution in [0.1, 0.15) is 22.9 Å². The Morgan fingerprint density at radius 1 is 1.50 bits per heavy atom. The first-order valence-corrected chi connectivity index (χ1v) is 5.39. The van der Waals surface area contributed by atoms with Crippen molar-refractivity contribution in [2.24, 2.45) is 0 Å². The lowest BCUT2D eigenvalue weighted by Gasteiger charge is -2.21. The first-order valence-electron chi connectivity index (χ1n) is 5.39. The molecule has 0 fully saturated rings.